The molecule has 0 fully saturated rings. The standard InChI is InChI=1S/C13H19ClO2/c1-4-13(5-2,16-3)12(15)10-6-8-11(14)9-7-10/h6-9,12,15H,4-5H2,1-3H3. The molecule has 3 heteroatoms. The van der Waals surface area contributed by atoms with Gasteiger partial charge in [-0.25, -0.2) is 0 Å². The van der Waals surface area contributed by atoms with E-state index in [2.05, 4.69) is 0 Å². The maximum absolute atomic E-state index is 10.4. The van der Waals surface area contributed by atoms with E-state index in [-0.39, 0.29) is 0 Å². The topological polar surface area (TPSA) is 29.5 Å². The van der Waals surface area contributed by atoms with Gasteiger partial charge in [0.25, 0.3) is 0 Å². The Bertz CT molecular complexity index is 309. The van der Waals surface area contributed by atoms with Crippen LogP contribution < -0.4 is 0 Å². The van der Waals surface area contributed by atoms with E-state index in [9.17, 15) is 5.11 Å². The van der Waals surface area contributed by atoms with Crippen LogP contribution in [0, 0.1) is 0 Å². The molecule has 0 saturated carbocycles. The van der Waals surface area contributed by atoms with Crippen LogP contribution in [0.2, 0.25) is 5.02 Å². The zero-order chi connectivity index (χ0) is 12.2. The molecule has 1 aromatic carbocycles. The van der Waals surface area contributed by atoms with Gasteiger partial charge in [-0.1, -0.05) is 37.6 Å². The number of halogens is 1. The Balaban J connectivity index is 2.98. The molecule has 0 aromatic heterocycles. The van der Waals surface area contributed by atoms with Gasteiger partial charge in [0.05, 0.1) is 5.60 Å². The zero-order valence-electron chi connectivity index (χ0n) is 10.0. The molecular weight excluding hydrogens is 224 g/mol. The largest absolute Gasteiger partial charge is 0.385 e. The molecule has 1 N–H and O–H groups in total. The van der Waals surface area contributed by atoms with Crippen molar-refractivity contribution in [2.75, 3.05) is 7.11 Å². The Morgan fingerprint density at radius 1 is 1.25 bits per heavy atom. The molecule has 1 rings (SSSR count). The average Bonchev–Trinajstić information content (AvgIpc) is 2.33. The van der Waals surface area contributed by atoms with Crippen molar-refractivity contribution in [1.29, 1.82) is 0 Å². The summed E-state index contributed by atoms with van der Waals surface area (Å²) in [5, 5.41) is 11.0. The van der Waals surface area contributed by atoms with Crippen LogP contribution in [0.1, 0.15) is 38.4 Å². The van der Waals surface area contributed by atoms with E-state index >= 15 is 0 Å². The normalized spacial score (nSPS) is 13.8. The minimum Gasteiger partial charge on any atom is -0.385 e. The van der Waals surface area contributed by atoms with Crippen LogP contribution in [0.3, 0.4) is 0 Å². The Morgan fingerprint density at radius 2 is 1.75 bits per heavy atom. The molecule has 1 unspecified atom stereocenters. The average molecular weight is 243 g/mol. The van der Waals surface area contributed by atoms with Gasteiger partial charge in [-0.15, -0.1) is 0 Å². The molecular formula is C13H19ClO2. The number of ether oxygens (including phenoxy) is 1. The molecule has 0 aliphatic carbocycles. The summed E-state index contributed by atoms with van der Waals surface area (Å²) in [7, 11) is 1.64. The molecule has 1 aromatic rings. The number of rotatable bonds is 5. The first-order valence-corrected chi connectivity index (χ1v) is 5.96. The van der Waals surface area contributed by atoms with Gasteiger partial charge < -0.3 is 9.84 Å². The van der Waals surface area contributed by atoms with E-state index in [0.29, 0.717) is 5.02 Å². The Labute approximate surface area is 102 Å². The van der Waals surface area contributed by atoms with Gasteiger partial charge in [0.1, 0.15) is 6.10 Å². The number of hydrogen-bond acceptors (Lipinski definition) is 2. The molecule has 0 radical (unpaired) electrons. The van der Waals surface area contributed by atoms with Crippen molar-refractivity contribution < 1.29 is 9.84 Å². The van der Waals surface area contributed by atoms with Crippen molar-refractivity contribution in [3.8, 4) is 0 Å². The number of methoxy groups -OCH3 is 1. The third-order valence-electron chi connectivity index (χ3n) is 3.29. The fourth-order valence-electron chi connectivity index (χ4n) is 1.99. The van der Waals surface area contributed by atoms with E-state index in [0.717, 1.165) is 18.4 Å². The summed E-state index contributed by atoms with van der Waals surface area (Å²) in [6.45, 7) is 4.04. The molecule has 0 heterocycles. The monoisotopic (exact) mass is 242 g/mol. The van der Waals surface area contributed by atoms with Crippen LogP contribution in [0.15, 0.2) is 24.3 Å². The van der Waals surface area contributed by atoms with Crippen molar-refractivity contribution in [2.45, 2.75) is 38.4 Å². The number of benzene rings is 1. The molecule has 0 amide bonds. The van der Waals surface area contributed by atoms with Crippen LogP contribution in [-0.4, -0.2) is 17.8 Å². The second-order valence-corrected chi connectivity index (χ2v) is 4.37. The second kappa shape index (κ2) is 5.67. The summed E-state index contributed by atoms with van der Waals surface area (Å²) < 4.78 is 5.50. The first-order chi connectivity index (χ1) is 7.59. The van der Waals surface area contributed by atoms with E-state index in [1.807, 2.05) is 26.0 Å². The molecule has 16 heavy (non-hydrogen) atoms. The molecule has 0 saturated heterocycles. The lowest BCUT2D eigenvalue weighted by Crippen LogP contribution is -2.37. The van der Waals surface area contributed by atoms with Crippen molar-refractivity contribution >= 4 is 11.6 Å². The molecule has 0 spiro atoms. The smallest absolute Gasteiger partial charge is 0.108 e. The van der Waals surface area contributed by atoms with Gasteiger partial charge in [-0.05, 0) is 30.5 Å². The highest BCUT2D eigenvalue weighted by atomic mass is 35.5. The molecule has 2 nitrogen and oxygen atoms in total. The molecule has 0 bridgehead atoms. The van der Waals surface area contributed by atoms with Crippen LogP contribution in [0.4, 0.5) is 0 Å². The Hall–Kier alpha value is -0.570. The quantitative estimate of drug-likeness (QED) is 0.855. The Kier molecular flexibility index (Phi) is 4.78. The van der Waals surface area contributed by atoms with E-state index in [1.165, 1.54) is 0 Å². The second-order valence-electron chi connectivity index (χ2n) is 3.93. The van der Waals surface area contributed by atoms with Crippen molar-refractivity contribution in [2.24, 2.45) is 0 Å². The predicted octanol–water partition coefficient (Wildman–Crippen LogP) is 3.58. The number of aliphatic hydroxyl groups is 1. The highest BCUT2D eigenvalue weighted by Crippen LogP contribution is 2.34. The third kappa shape index (κ3) is 2.57. The molecule has 0 aliphatic heterocycles. The zero-order valence-corrected chi connectivity index (χ0v) is 10.8. The maximum Gasteiger partial charge on any atom is 0.108 e. The summed E-state index contributed by atoms with van der Waals surface area (Å²) in [4.78, 5) is 0. The van der Waals surface area contributed by atoms with Gasteiger partial charge in [0.2, 0.25) is 0 Å². The lowest BCUT2D eigenvalue weighted by Gasteiger charge is -2.35. The molecule has 1 atom stereocenters. The van der Waals surface area contributed by atoms with E-state index in [4.69, 9.17) is 16.3 Å². The van der Waals surface area contributed by atoms with Crippen molar-refractivity contribution in [3.63, 3.8) is 0 Å². The van der Waals surface area contributed by atoms with Gasteiger partial charge in [-0.2, -0.15) is 0 Å². The van der Waals surface area contributed by atoms with E-state index < -0.39 is 11.7 Å². The highest BCUT2D eigenvalue weighted by molar-refractivity contribution is 6.30. The van der Waals surface area contributed by atoms with Crippen LogP contribution in [-0.2, 0) is 4.74 Å². The van der Waals surface area contributed by atoms with Crippen LogP contribution in [0.5, 0.6) is 0 Å². The van der Waals surface area contributed by atoms with E-state index in [1.54, 1.807) is 19.2 Å². The number of hydrogen-bond donors (Lipinski definition) is 1. The number of aliphatic hydroxyl groups excluding tert-OH is 1. The van der Waals surface area contributed by atoms with Gasteiger partial charge in [0, 0.05) is 12.1 Å². The fourth-order valence-corrected chi connectivity index (χ4v) is 2.11. The lowest BCUT2D eigenvalue weighted by molar-refractivity contribution is -0.109. The fraction of sp³-hybridized carbons (Fsp3) is 0.538. The Morgan fingerprint density at radius 3 is 2.12 bits per heavy atom. The first kappa shape index (κ1) is 13.5. The third-order valence-corrected chi connectivity index (χ3v) is 3.54. The molecule has 90 valence electrons. The summed E-state index contributed by atoms with van der Waals surface area (Å²) in [6, 6.07) is 7.25. The van der Waals surface area contributed by atoms with Gasteiger partial charge in [-0.3, -0.25) is 0 Å². The van der Waals surface area contributed by atoms with Crippen molar-refractivity contribution in [1.82, 2.24) is 0 Å². The summed E-state index contributed by atoms with van der Waals surface area (Å²) in [5.74, 6) is 0. The SMILES string of the molecule is CCC(CC)(OC)C(O)c1ccc(Cl)cc1. The summed E-state index contributed by atoms with van der Waals surface area (Å²) in [5.41, 5.74) is 0.336. The summed E-state index contributed by atoms with van der Waals surface area (Å²) >= 11 is 5.82. The lowest BCUT2D eigenvalue weighted by atomic mass is 9.86. The first-order valence-electron chi connectivity index (χ1n) is 5.58. The van der Waals surface area contributed by atoms with Crippen LogP contribution in [0.25, 0.3) is 0 Å². The summed E-state index contributed by atoms with van der Waals surface area (Å²) in [6.07, 6.45) is 0.915. The van der Waals surface area contributed by atoms with Gasteiger partial charge >= 0.3 is 0 Å². The molecule has 0 aliphatic rings. The van der Waals surface area contributed by atoms with Gasteiger partial charge in [0.15, 0.2) is 0 Å². The minimum atomic E-state index is -0.621. The van der Waals surface area contributed by atoms with Crippen molar-refractivity contribution in [3.05, 3.63) is 34.9 Å². The predicted molar refractivity (Wildman–Crippen MR) is 66.7 cm³/mol. The highest BCUT2D eigenvalue weighted by Gasteiger charge is 2.35. The van der Waals surface area contributed by atoms with Crippen LogP contribution >= 0.6 is 11.6 Å². The minimum absolute atomic E-state index is 0.506. The maximum atomic E-state index is 10.4.